The molecule has 0 bridgehead atoms. The van der Waals surface area contributed by atoms with Gasteiger partial charge >= 0.3 is 0 Å². The SMILES string of the molecule is CCC(C)(c1ccc(-c2ccccc2)cc1)c1ccc(-c2ccccc2)cc1. The molecule has 0 heterocycles. The second kappa shape index (κ2) is 7.86. The van der Waals surface area contributed by atoms with E-state index in [0.717, 1.165) is 6.42 Å². The van der Waals surface area contributed by atoms with Crippen molar-refractivity contribution in [3.63, 3.8) is 0 Å². The zero-order valence-electron chi connectivity index (χ0n) is 16.6. The van der Waals surface area contributed by atoms with Gasteiger partial charge in [0, 0.05) is 5.41 Å². The van der Waals surface area contributed by atoms with Gasteiger partial charge in [0.15, 0.2) is 0 Å². The highest BCUT2D eigenvalue weighted by Crippen LogP contribution is 2.37. The fourth-order valence-electron chi connectivity index (χ4n) is 3.90. The van der Waals surface area contributed by atoms with E-state index in [0.29, 0.717) is 0 Å². The Morgan fingerprint density at radius 2 is 0.786 bits per heavy atom. The first-order valence-electron chi connectivity index (χ1n) is 10.0. The molecule has 0 saturated carbocycles. The average molecular weight is 363 g/mol. The van der Waals surface area contributed by atoms with E-state index < -0.39 is 0 Å². The van der Waals surface area contributed by atoms with Crippen LogP contribution in [-0.2, 0) is 5.41 Å². The Bertz CT molecular complexity index is 928. The van der Waals surface area contributed by atoms with E-state index in [4.69, 9.17) is 0 Å². The number of hydrogen-bond acceptors (Lipinski definition) is 0. The maximum atomic E-state index is 2.35. The third-order valence-corrected chi connectivity index (χ3v) is 5.97. The van der Waals surface area contributed by atoms with Crippen molar-refractivity contribution in [2.45, 2.75) is 25.7 Å². The molecule has 0 N–H and O–H groups in total. The van der Waals surface area contributed by atoms with Crippen molar-refractivity contribution in [1.82, 2.24) is 0 Å². The van der Waals surface area contributed by atoms with Gasteiger partial charge in [-0.3, -0.25) is 0 Å². The van der Waals surface area contributed by atoms with Crippen molar-refractivity contribution in [3.05, 3.63) is 120 Å². The van der Waals surface area contributed by atoms with E-state index in [1.807, 2.05) is 0 Å². The maximum absolute atomic E-state index is 2.35. The first-order valence-corrected chi connectivity index (χ1v) is 10.0. The molecular weight excluding hydrogens is 336 g/mol. The van der Waals surface area contributed by atoms with Gasteiger partial charge < -0.3 is 0 Å². The van der Waals surface area contributed by atoms with Crippen molar-refractivity contribution in [1.29, 1.82) is 0 Å². The summed E-state index contributed by atoms with van der Waals surface area (Å²) in [6.07, 6.45) is 1.06. The average Bonchev–Trinajstić information content (AvgIpc) is 2.80. The third kappa shape index (κ3) is 3.51. The standard InChI is InChI=1S/C28H26/c1-3-28(2,26-18-14-24(15-19-26)22-10-6-4-7-11-22)27-20-16-25(17-21-27)23-12-8-5-9-13-23/h4-21H,3H2,1-2H3. The molecule has 0 aliphatic carbocycles. The smallest absolute Gasteiger partial charge is 0.0172 e. The van der Waals surface area contributed by atoms with Crippen LogP contribution in [0.2, 0.25) is 0 Å². The van der Waals surface area contributed by atoms with Gasteiger partial charge in [-0.2, -0.15) is 0 Å². The van der Waals surface area contributed by atoms with E-state index in [2.05, 4.69) is 123 Å². The predicted octanol–water partition coefficient (Wildman–Crippen LogP) is 7.74. The van der Waals surface area contributed by atoms with Gasteiger partial charge in [0.2, 0.25) is 0 Å². The van der Waals surface area contributed by atoms with Gasteiger partial charge in [-0.05, 0) is 39.8 Å². The summed E-state index contributed by atoms with van der Waals surface area (Å²) < 4.78 is 0. The second-order valence-corrected chi connectivity index (χ2v) is 7.57. The molecule has 0 spiro atoms. The summed E-state index contributed by atoms with van der Waals surface area (Å²) in [5.41, 5.74) is 7.79. The minimum atomic E-state index is 0.00440. The summed E-state index contributed by atoms with van der Waals surface area (Å²) in [6.45, 7) is 4.62. The molecule has 4 aromatic rings. The molecule has 4 rings (SSSR count). The molecule has 0 radical (unpaired) electrons. The maximum Gasteiger partial charge on any atom is 0.0172 e. The van der Waals surface area contributed by atoms with Crippen molar-refractivity contribution in [2.75, 3.05) is 0 Å². The Morgan fingerprint density at radius 3 is 1.11 bits per heavy atom. The first-order chi connectivity index (χ1) is 13.7. The topological polar surface area (TPSA) is 0 Å². The molecule has 0 nitrogen and oxygen atoms in total. The van der Waals surface area contributed by atoms with Crippen LogP contribution < -0.4 is 0 Å². The summed E-state index contributed by atoms with van der Waals surface area (Å²) in [6, 6.07) is 39.3. The summed E-state index contributed by atoms with van der Waals surface area (Å²) in [5.74, 6) is 0. The summed E-state index contributed by atoms with van der Waals surface area (Å²) >= 11 is 0. The minimum Gasteiger partial charge on any atom is -0.0642 e. The highest BCUT2D eigenvalue weighted by atomic mass is 14.3. The van der Waals surface area contributed by atoms with Gasteiger partial charge in [0.05, 0.1) is 0 Å². The van der Waals surface area contributed by atoms with Crippen LogP contribution in [-0.4, -0.2) is 0 Å². The van der Waals surface area contributed by atoms with Crippen molar-refractivity contribution in [3.8, 4) is 22.3 Å². The molecule has 138 valence electrons. The molecule has 0 fully saturated rings. The van der Waals surface area contributed by atoms with Gasteiger partial charge in [0.25, 0.3) is 0 Å². The highest BCUT2D eigenvalue weighted by Gasteiger charge is 2.26. The van der Waals surface area contributed by atoms with E-state index >= 15 is 0 Å². The van der Waals surface area contributed by atoms with Gasteiger partial charge in [-0.15, -0.1) is 0 Å². The monoisotopic (exact) mass is 362 g/mol. The van der Waals surface area contributed by atoms with Gasteiger partial charge in [-0.1, -0.05) is 123 Å². The van der Waals surface area contributed by atoms with Crippen LogP contribution in [0.15, 0.2) is 109 Å². The molecule has 0 unspecified atom stereocenters. The van der Waals surface area contributed by atoms with Crippen molar-refractivity contribution in [2.24, 2.45) is 0 Å². The Kier molecular flexibility index (Phi) is 5.12. The number of benzene rings is 4. The summed E-state index contributed by atoms with van der Waals surface area (Å²) in [7, 11) is 0. The largest absolute Gasteiger partial charge is 0.0642 e. The van der Waals surface area contributed by atoms with Gasteiger partial charge in [-0.25, -0.2) is 0 Å². The second-order valence-electron chi connectivity index (χ2n) is 7.57. The molecular formula is C28H26. The van der Waals surface area contributed by atoms with Crippen LogP contribution >= 0.6 is 0 Å². The molecule has 28 heavy (non-hydrogen) atoms. The van der Waals surface area contributed by atoms with E-state index in [-0.39, 0.29) is 5.41 Å². The zero-order chi connectivity index (χ0) is 19.4. The molecule has 0 atom stereocenters. The third-order valence-electron chi connectivity index (χ3n) is 5.97. The van der Waals surface area contributed by atoms with Crippen LogP contribution in [0, 0.1) is 0 Å². The Labute approximate surface area is 168 Å². The van der Waals surface area contributed by atoms with E-state index in [9.17, 15) is 0 Å². The van der Waals surface area contributed by atoms with Gasteiger partial charge in [0.1, 0.15) is 0 Å². The van der Waals surface area contributed by atoms with Crippen molar-refractivity contribution >= 4 is 0 Å². The quantitative estimate of drug-likeness (QED) is 0.340. The fourth-order valence-corrected chi connectivity index (χ4v) is 3.90. The van der Waals surface area contributed by atoms with Crippen LogP contribution in [0.4, 0.5) is 0 Å². The molecule has 0 heteroatoms. The lowest BCUT2D eigenvalue weighted by atomic mass is 9.74. The molecule has 0 aliphatic heterocycles. The molecule has 0 amide bonds. The predicted molar refractivity (Wildman–Crippen MR) is 121 cm³/mol. The normalized spacial score (nSPS) is 11.4. The molecule has 0 aliphatic rings. The van der Waals surface area contributed by atoms with Crippen LogP contribution in [0.5, 0.6) is 0 Å². The number of hydrogen-bond donors (Lipinski definition) is 0. The van der Waals surface area contributed by atoms with E-state index in [1.165, 1.54) is 33.4 Å². The Balaban J connectivity index is 1.65. The molecule has 0 saturated heterocycles. The van der Waals surface area contributed by atoms with Crippen LogP contribution in [0.25, 0.3) is 22.3 Å². The highest BCUT2D eigenvalue weighted by molar-refractivity contribution is 5.65. The lowest BCUT2D eigenvalue weighted by Gasteiger charge is -2.30. The molecule has 0 aromatic heterocycles. The van der Waals surface area contributed by atoms with Crippen LogP contribution in [0.3, 0.4) is 0 Å². The van der Waals surface area contributed by atoms with E-state index in [1.54, 1.807) is 0 Å². The zero-order valence-corrected chi connectivity index (χ0v) is 16.6. The number of rotatable bonds is 5. The minimum absolute atomic E-state index is 0.00440. The Morgan fingerprint density at radius 1 is 0.464 bits per heavy atom. The lowest BCUT2D eigenvalue weighted by molar-refractivity contribution is 0.550. The Hall–Kier alpha value is -3.12. The van der Waals surface area contributed by atoms with Crippen molar-refractivity contribution < 1.29 is 0 Å². The summed E-state index contributed by atoms with van der Waals surface area (Å²) in [5, 5.41) is 0. The molecule has 4 aromatic carbocycles. The summed E-state index contributed by atoms with van der Waals surface area (Å²) in [4.78, 5) is 0. The first kappa shape index (κ1) is 18.3. The van der Waals surface area contributed by atoms with Crippen LogP contribution in [0.1, 0.15) is 31.4 Å². The lowest BCUT2D eigenvalue weighted by Crippen LogP contribution is -2.22. The fraction of sp³-hybridized carbons (Fsp3) is 0.143.